The monoisotopic (exact) mass is 285 g/mol. The van der Waals surface area contributed by atoms with E-state index < -0.39 is 23.0 Å². The topological polar surface area (TPSA) is 26.0 Å². The van der Waals surface area contributed by atoms with Crippen molar-refractivity contribution in [2.45, 2.75) is 12.5 Å². The van der Waals surface area contributed by atoms with Gasteiger partial charge in [0.25, 0.3) is 0 Å². The Bertz CT molecular complexity index is 609. The van der Waals surface area contributed by atoms with Crippen LogP contribution in [0, 0.1) is 17.5 Å². The summed E-state index contributed by atoms with van der Waals surface area (Å²) in [5.41, 5.74) is 5.19. The van der Waals surface area contributed by atoms with Crippen LogP contribution in [0.3, 0.4) is 0 Å². The van der Waals surface area contributed by atoms with E-state index >= 15 is 0 Å². The molecule has 0 aliphatic heterocycles. The number of benzene rings is 2. The zero-order valence-corrected chi connectivity index (χ0v) is 10.8. The second-order valence-electron chi connectivity index (χ2n) is 4.43. The van der Waals surface area contributed by atoms with Gasteiger partial charge in [0.1, 0.15) is 0 Å². The van der Waals surface area contributed by atoms with Crippen LogP contribution in [0.5, 0.6) is 0 Å². The maximum absolute atomic E-state index is 13.8. The van der Waals surface area contributed by atoms with E-state index in [-0.39, 0.29) is 5.56 Å². The second kappa shape index (κ2) is 4.87. The lowest BCUT2D eigenvalue weighted by Crippen LogP contribution is -2.35. The number of hydrogen-bond donors (Lipinski definition) is 1. The van der Waals surface area contributed by atoms with Gasteiger partial charge in [0.2, 0.25) is 0 Å². The normalized spacial score (nSPS) is 14.2. The molecule has 0 aliphatic carbocycles. The lowest BCUT2D eigenvalue weighted by molar-refractivity contribution is 0.425. The van der Waals surface area contributed by atoms with Crippen molar-refractivity contribution in [1.82, 2.24) is 0 Å². The summed E-state index contributed by atoms with van der Waals surface area (Å²) in [5, 5.41) is 0.505. The van der Waals surface area contributed by atoms with Crippen molar-refractivity contribution in [3.05, 3.63) is 70.0 Å². The Kier molecular flexibility index (Phi) is 3.56. The molecule has 0 spiro atoms. The molecule has 0 aliphatic rings. The summed E-state index contributed by atoms with van der Waals surface area (Å²) in [5.74, 6) is -4.05. The van der Waals surface area contributed by atoms with Gasteiger partial charge >= 0.3 is 0 Å². The van der Waals surface area contributed by atoms with Gasteiger partial charge in [-0.2, -0.15) is 0 Å². The highest BCUT2D eigenvalue weighted by atomic mass is 35.5. The summed E-state index contributed by atoms with van der Waals surface area (Å²) in [6.45, 7) is 1.52. The Morgan fingerprint density at radius 2 is 1.53 bits per heavy atom. The molecular formula is C14H11ClF3N. The average Bonchev–Trinajstić information content (AvgIpc) is 2.36. The minimum Gasteiger partial charge on any atom is -0.318 e. The number of rotatable bonds is 2. The Morgan fingerprint density at radius 3 is 2.11 bits per heavy atom. The van der Waals surface area contributed by atoms with E-state index in [4.69, 9.17) is 17.3 Å². The first-order valence-corrected chi connectivity index (χ1v) is 5.90. The SMILES string of the molecule is CC(N)(c1ccc(Cl)cc1)c1ccc(F)c(F)c1F. The largest absolute Gasteiger partial charge is 0.318 e. The molecule has 2 aromatic rings. The molecule has 0 saturated carbocycles. The predicted octanol–water partition coefficient (Wildman–Crippen LogP) is 3.98. The van der Waals surface area contributed by atoms with Crippen LogP contribution in [0.15, 0.2) is 36.4 Å². The number of halogens is 4. The van der Waals surface area contributed by atoms with Crippen LogP contribution < -0.4 is 5.73 Å². The summed E-state index contributed by atoms with van der Waals surface area (Å²) in [4.78, 5) is 0. The zero-order valence-electron chi connectivity index (χ0n) is 10.1. The van der Waals surface area contributed by atoms with Crippen LogP contribution in [-0.4, -0.2) is 0 Å². The van der Waals surface area contributed by atoms with Gasteiger partial charge in [-0.15, -0.1) is 0 Å². The molecule has 0 fully saturated rings. The van der Waals surface area contributed by atoms with Crippen LogP contribution in [0.4, 0.5) is 13.2 Å². The molecule has 2 rings (SSSR count). The van der Waals surface area contributed by atoms with Crippen molar-refractivity contribution in [3.8, 4) is 0 Å². The van der Waals surface area contributed by atoms with E-state index in [0.29, 0.717) is 10.6 Å². The summed E-state index contributed by atoms with van der Waals surface area (Å²) >= 11 is 5.76. The molecule has 0 radical (unpaired) electrons. The maximum Gasteiger partial charge on any atom is 0.194 e. The van der Waals surface area contributed by atoms with Crippen LogP contribution in [0.2, 0.25) is 5.02 Å². The molecule has 0 heterocycles. The van der Waals surface area contributed by atoms with Gasteiger partial charge in [-0.05, 0) is 30.7 Å². The molecule has 0 bridgehead atoms. The predicted molar refractivity (Wildman–Crippen MR) is 68.4 cm³/mol. The third-order valence-corrected chi connectivity index (χ3v) is 3.29. The quantitative estimate of drug-likeness (QED) is 0.830. The summed E-state index contributed by atoms with van der Waals surface area (Å²) in [6, 6.07) is 8.42. The molecule has 1 unspecified atom stereocenters. The van der Waals surface area contributed by atoms with Crippen LogP contribution in [0.25, 0.3) is 0 Å². The molecule has 19 heavy (non-hydrogen) atoms. The third-order valence-electron chi connectivity index (χ3n) is 3.04. The Hall–Kier alpha value is -1.52. The van der Waals surface area contributed by atoms with Crippen molar-refractivity contribution in [3.63, 3.8) is 0 Å². The summed E-state index contributed by atoms with van der Waals surface area (Å²) in [6.07, 6.45) is 0. The van der Waals surface area contributed by atoms with E-state index in [1.54, 1.807) is 24.3 Å². The standard InChI is InChI=1S/C14H11ClF3N/c1-14(19,8-2-4-9(15)5-3-8)10-6-7-11(16)13(18)12(10)17/h2-7H,19H2,1H3. The molecule has 5 heteroatoms. The minimum atomic E-state index is -1.52. The second-order valence-corrected chi connectivity index (χ2v) is 4.87. The maximum atomic E-state index is 13.8. The van der Waals surface area contributed by atoms with Gasteiger partial charge < -0.3 is 5.73 Å². The highest BCUT2D eigenvalue weighted by molar-refractivity contribution is 6.30. The molecule has 1 atom stereocenters. The molecule has 2 N–H and O–H groups in total. The third kappa shape index (κ3) is 2.46. The van der Waals surface area contributed by atoms with E-state index in [0.717, 1.165) is 12.1 Å². The summed E-state index contributed by atoms with van der Waals surface area (Å²) in [7, 11) is 0. The molecule has 0 saturated heterocycles. The zero-order chi connectivity index (χ0) is 14.2. The van der Waals surface area contributed by atoms with Crippen LogP contribution >= 0.6 is 11.6 Å². The number of hydrogen-bond acceptors (Lipinski definition) is 1. The fraction of sp³-hybridized carbons (Fsp3) is 0.143. The van der Waals surface area contributed by atoms with Gasteiger partial charge in [0.15, 0.2) is 17.5 Å². The first-order valence-electron chi connectivity index (χ1n) is 5.53. The minimum absolute atomic E-state index is 0.117. The smallest absolute Gasteiger partial charge is 0.194 e. The number of nitrogens with two attached hydrogens (primary N) is 1. The Labute approximate surface area is 113 Å². The van der Waals surface area contributed by atoms with Crippen molar-refractivity contribution in [2.24, 2.45) is 5.73 Å². The van der Waals surface area contributed by atoms with Gasteiger partial charge in [-0.1, -0.05) is 29.8 Å². The molecular weight excluding hydrogens is 275 g/mol. The highest BCUT2D eigenvalue weighted by Gasteiger charge is 2.29. The van der Waals surface area contributed by atoms with Crippen molar-refractivity contribution >= 4 is 11.6 Å². The summed E-state index contributed by atoms with van der Waals surface area (Å²) < 4.78 is 40.0. The van der Waals surface area contributed by atoms with Gasteiger partial charge in [0.05, 0.1) is 5.54 Å². The van der Waals surface area contributed by atoms with Crippen LogP contribution in [-0.2, 0) is 5.54 Å². The van der Waals surface area contributed by atoms with E-state index in [1.807, 2.05) is 0 Å². The lowest BCUT2D eigenvalue weighted by atomic mass is 9.85. The van der Waals surface area contributed by atoms with E-state index in [1.165, 1.54) is 6.92 Å². The average molecular weight is 286 g/mol. The van der Waals surface area contributed by atoms with Crippen molar-refractivity contribution in [2.75, 3.05) is 0 Å². The van der Waals surface area contributed by atoms with Crippen LogP contribution in [0.1, 0.15) is 18.1 Å². The van der Waals surface area contributed by atoms with Gasteiger partial charge in [-0.3, -0.25) is 0 Å². The molecule has 0 aromatic heterocycles. The Balaban J connectivity index is 2.56. The fourth-order valence-corrected chi connectivity index (χ4v) is 2.00. The Morgan fingerprint density at radius 1 is 0.947 bits per heavy atom. The fourth-order valence-electron chi connectivity index (χ4n) is 1.88. The first-order chi connectivity index (χ1) is 8.84. The van der Waals surface area contributed by atoms with Crippen molar-refractivity contribution in [1.29, 1.82) is 0 Å². The lowest BCUT2D eigenvalue weighted by Gasteiger charge is -2.26. The van der Waals surface area contributed by atoms with E-state index in [9.17, 15) is 13.2 Å². The molecule has 1 nitrogen and oxygen atoms in total. The molecule has 0 amide bonds. The molecule has 100 valence electrons. The van der Waals surface area contributed by atoms with Gasteiger partial charge in [0, 0.05) is 10.6 Å². The first kappa shape index (κ1) is 13.9. The highest BCUT2D eigenvalue weighted by Crippen LogP contribution is 2.30. The van der Waals surface area contributed by atoms with Gasteiger partial charge in [-0.25, -0.2) is 13.2 Å². The molecule has 2 aromatic carbocycles. The van der Waals surface area contributed by atoms with Crippen molar-refractivity contribution < 1.29 is 13.2 Å². The van der Waals surface area contributed by atoms with E-state index in [2.05, 4.69) is 0 Å².